The summed E-state index contributed by atoms with van der Waals surface area (Å²) < 4.78 is 1.78. The second-order valence-electron chi connectivity index (χ2n) is 4.26. The van der Waals surface area contributed by atoms with Gasteiger partial charge in [0.05, 0.1) is 23.0 Å². The lowest BCUT2D eigenvalue weighted by Gasteiger charge is -2.35. The summed E-state index contributed by atoms with van der Waals surface area (Å²) in [7, 11) is 2.05. The van der Waals surface area contributed by atoms with Crippen LogP contribution in [0.5, 0.6) is 0 Å². The van der Waals surface area contributed by atoms with Crippen molar-refractivity contribution in [3.05, 3.63) is 16.9 Å². The van der Waals surface area contributed by atoms with Gasteiger partial charge in [-0.3, -0.25) is 9.58 Å². The van der Waals surface area contributed by atoms with Crippen molar-refractivity contribution < 1.29 is 5.11 Å². The number of hydrogen-bond donors (Lipinski definition) is 1. The zero-order valence-corrected chi connectivity index (χ0v) is 11.7. The van der Waals surface area contributed by atoms with Crippen LogP contribution in [0.15, 0.2) is 6.20 Å². The van der Waals surface area contributed by atoms with Crippen molar-refractivity contribution in [3.8, 4) is 0 Å². The molecule has 2 atom stereocenters. The minimum Gasteiger partial charge on any atom is -0.385 e. The van der Waals surface area contributed by atoms with E-state index < -0.39 is 6.10 Å². The molecule has 1 aliphatic heterocycles. The predicted octanol–water partition coefficient (Wildman–Crippen LogP) is 1.64. The maximum absolute atomic E-state index is 10.5. The highest BCUT2D eigenvalue weighted by Crippen LogP contribution is 2.30. The summed E-state index contributed by atoms with van der Waals surface area (Å²) in [6.45, 7) is 3.73. The summed E-state index contributed by atoms with van der Waals surface area (Å²) >= 11 is 7.99. The van der Waals surface area contributed by atoms with Crippen LogP contribution in [-0.2, 0) is 6.54 Å². The van der Waals surface area contributed by atoms with E-state index in [1.165, 1.54) is 0 Å². The SMILES string of the molecule is CCn1ncc(Cl)c1C(O)C1CSCCN1C. The van der Waals surface area contributed by atoms with Crippen molar-refractivity contribution in [2.45, 2.75) is 25.6 Å². The van der Waals surface area contributed by atoms with Gasteiger partial charge in [0.25, 0.3) is 0 Å². The summed E-state index contributed by atoms with van der Waals surface area (Å²) in [6.07, 6.45) is 1.04. The van der Waals surface area contributed by atoms with Gasteiger partial charge in [-0.15, -0.1) is 0 Å². The van der Waals surface area contributed by atoms with E-state index in [0.717, 1.165) is 30.3 Å². The summed E-state index contributed by atoms with van der Waals surface area (Å²) in [5.74, 6) is 2.06. The highest BCUT2D eigenvalue weighted by atomic mass is 35.5. The van der Waals surface area contributed by atoms with Crippen molar-refractivity contribution in [2.75, 3.05) is 25.1 Å². The third-order valence-electron chi connectivity index (χ3n) is 3.22. The van der Waals surface area contributed by atoms with Crippen LogP contribution < -0.4 is 0 Å². The Morgan fingerprint density at radius 3 is 3.12 bits per heavy atom. The molecule has 1 N–H and O–H groups in total. The second kappa shape index (κ2) is 5.61. The lowest BCUT2D eigenvalue weighted by molar-refractivity contribution is 0.0691. The highest BCUT2D eigenvalue weighted by Gasteiger charge is 2.31. The summed E-state index contributed by atoms with van der Waals surface area (Å²) in [4.78, 5) is 2.20. The minimum atomic E-state index is -0.567. The maximum Gasteiger partial charge on any atom is 0.113 e. The molecular formula is C11H18ClN3OS. The van der Waals surface area contributed by atoms with Crippen molar-refractivity contribution in [2.24, 2.45) is 0 Å². The molecule has 2 unspecified atom stereocenters. The van der Waals surface area contributed by atoms with Gasteiger partial charge in [0.15, 0.2) is 0 Å². The van der Waals surface area contributed by atoms with Gasteiger partial charge in [0.2, 0.25) is 0 Å². The van der Waals surface area contributed by atoms with Crippen molar-refractivity contribution in [3.63, 3.8) is 0 Å². The van der Waals surface area contributed by atoms with Gasteiger partial charge >= 0.3 is 0 Å². The molecule has 2 heterocycles. The number of aromatic nitrogens is 2. The van der Waals surface area contributed by atoms with Crippen LogP contribution in [-0.4, -0.2) is 50.9 Å². The van der Waals surface area contributed by atoms with E-state index in [1.807, 2.05) is 25.7 Å². The first-order valence-corrected chi connectivity index (χ1v) is 7.35. The number of aliphatic hydroxyl groups is 1. The Hall–Kier alpha value is -0.230. The number of aliphatic hydroxyl groups excluding tert-OH is 1. The fourth-order valence-electron chi connectivity index (χ4n) is 2.14. The molecule has 0 aromatic carbocycles. The van der Waals surface area contributed by atoms with Crippen LogP contribution in [0, 0.1) is 0 Å². The zero-order chi connectivity index (χ0) is 12.4. The topological polar surface area (TPSA) is 41.3 Å². The Bertz CT molecular complexity index is 385. The van der Waals surface area contributed by atoms with Gasteiger partial charge in [-0.2, -0.15) is 16.9 Å². The molecule has 2 rings (SSSR count). The zero-order valence-electron chi connectivity index (χ0n) is 10.1. The number of nitrogens with zero attached hydrogens (tertiary/aromatic N) is 3. The molecule has 0 radical (unpaired) electrons. The van der Waals surface area contributed by atoms with Crippen LogP contribution in [0.1, 0.15) is 18.7 Å². The summed E-state index contributed by atoms with van der Waals surface area (Å²) in [5.41, 5.74) is 0.744. The normalized spacial score (nSPS) is 23.9. The smallest absolute Gasteiger partial charge is 0.113 e. The van der Waals surface area contributed by atoms with Crippen molar-refractivity contribution in [1.29, 1.82) is 0 Å². The molecule has 1 saturated heterocycles. The Morgan fingerprint density at radius 2 is 2.47 bits per heavy atom. The van der Waals surface area contributed by atoms with E-state index >= 15 is 0 Å². The molecule has 96 valence electrons. The fraction of sp³-hybridized carbons (Fsp3) is 0.727. The first-order valence-electron chi connectivity index (χ1n) is 5.82. The Labute approximate surface area is 111 Å². The molecule has 1 aliphatic rings. The van der Waals surface area contributed by atoms with E-state index in [-0.39, 0.29) is 6.04 Å². The average molecular weight is 276 g/mol. The van der Waals surface area contributed by atoms with Gasteiger partial charge in [-0.1, -0.05) is 11.6 Å². The van der Waals surface area contributed by atoms with Crippen molar-refractivity contribution >= 4 is 23.4 Å². The molecule has 0 spiro atoms. The first-order chi connectivity index (χ1) is 8.15. The van der Waals surface area contributed by atoms with Gasteiger partial charge < -0.3 is 5.11 Å². The number of thioether (sulfide) groups is 1. The van der Waals surface area contributed by atoms with Crippen molar-refractivity contribution in [1.82, 2.24) is 14.7 Å². The number of halogens is 1. The molecule has 1 aromatic heterocycles. The Morgan fingerprint density at radius 1 is 1.71 bits per heavy atom. The number of hydrogen-bond acceptors (Lipinski definition) is 4. The van der Waals surface area contributed by atoms with E-state index in [9.17, 15) is 5.11 Å². The Kier molecular flexibility index (Phi) is 4.36. The van der Waals surface area contributed by atoms with Crippen LogP contribution >= 0.6 is 23.4 Å². The number of rotatable bonds is 3. The summed E-state index contributed by atoms with van der Waals surface area (Å²) in [5, 5.41) is 15.2. The average Bonchev–Trinajstić information content (AvgIpc) is 2.70. The second-order valence-corrected chi connectivity index (χ2v) is 5.82. The van der Waals surface area contributed by atoms with E-state index in [0.29, 0.717) is 5.02 Å². The highest BCUT2D eigenvalue weighted by molar-refractivity contribution is 7.99. The maximum atomic E-state index is 10.5. The molecule has 4 nitrogen and oxygen atoms in total. The molecular weight excluding hydrogens is 258 g/mol. The molecule has 1 aromatic rings. The lowest BCUT2D eigenvalue weighted by atomic mass is 10.1. The molecule has 0 amide bonds. The quantitative estimate of drug-likeness (QED) is 0.911. The van der Waals surface area contributed by atoms with Crippen LogP contribution in [0.2, 0.25) is 5.02 Å². The van der Waals surface area contributed by atoms with Gasteiger partial charge in [-0.25, -0.2) is 0 Å². The van der Waals surface area contributed by atoms with Crippen LogP contribution in [0.25, 0.3) is 0 Å². The van der Waals surface area contributed by atoms with Gasteiger partial charge in [0, 0.05) is 24.6 Å². The third-order valence-corrected chi connectivity index (χ3v) is 4.56. The van der Waals surface area contributed by atoms with Crippen LogP contribution in [0.4, 0.5) is 0 Å². The summed E-state index contributed by atoms with van der Waals surface area (Å²) in [6, 6.07) is 0.119. The molecule has 17 heavy (non-hydrogen) atoms. The molecule has 0 saturated carbocycles. The van der Waals surface area contributed by atoms with E-state index in [4.69, 9.17) is 11.6 Å². The molecule has 1 fully saturated rings. The van der Waals surface area contributed by atoms with Crippen LogP contribution in [0.3, 0.4) is 0 Å². The van der Waals surface area contributed by atoms with E-state index in [2.05, 4.69) is 10.00 Å². The van der Waals surface area contributed by atoms with E-state index in [1.54, 1.807) is 10.9 Å². The minimum absolute atomic E-state index is 0.119. The first kappa shape index (κ1) is 13.2. The largest absolute Gasteiger partial charge is 0.385 e. The molecule has 0 aliphatic carbocycles. The van der Waals surface area contributed by atoms with Gasteiger partial charge in [0.1, 0.15) is 6.10 Å². The lowest BCUT2D eigenvalue weighted by Crippen LogP contribution is -2.43. The molecule has 6 heteroatoms. The predicted molar refractivity (Wildman–Crippen MR) is 71.6 cm³/mol. The third kappa shape index (κ3) is 2.62. The monoisotopic (exact) mass is 275 g/mol. The Balaban J connectivity index is 2.22. The number of likely N-dealkylation sites (N-methyl/N-ethyl adjacent to an activating group) is 1. The standard InChI is InChI=1S/C11H18ClN3OS/c1-3-15-10(8(12)6-13-15)11(16)9-7-17-5-4-14(9)2/h6,9,11,16H,3-5,7H2,1-2H3. The number of aryl methyl sites for hydroxylation is 1. The molecule has 0 bridgehead atoms. The van der Waals surface area contributed by atoms with Gasteiger partial charge in [-0.05, 0) is 14.0 Å². The fourth-order valence-corrected chi connectivity index (χ4v) is 3.65.